The minimum atomic E-state index is -4.31. The van der Waals surface area contributed by atoms with E-state index in [4.69, 9.17) is 9.47 Å². The summed E-state index contributed by atoms with van der Waals surface area (Å²) in [5, 5.41) is 1.26. The van der Waals surface area contributed by atoms with E-state index in [9.17, 15) is 13.2 Å². The number of methoxy groups -OCH3 is 2. The number of aromatic nitrogens is 1. The topological polar surface area (TPSA) is 26.6 Å². The van der Waals surface area contributed by atoms with E-state index < -0.39 is 11.7 Å². The van der Waals surface area contributed by atoms with Crippen molar-refractivity contribution in [3.05, 3.63) is 71.4 Å². The van der Waals surface area contributed by atoms with Gasteiger partial charge in [-0.25, -0.2) is 0 Å². The Balaban J connectivity index is 1.20. The molecule has 2 unspecified atom stereocenters. The molecule has 5 rings (SSSR count). The van der Waals surface area contributed by atoms with Crippen molar-refractivity contribution in [1.82, 2.24) is 9.47 Å². The van der Waals surface area contributed by atoms with Gasteiger partial charge in [0.1, 0.15) is 0 Å². The Morgan fingerprint density at radius 2 is 1.58 bits per heavy atom. The van der Waals surface area contributed by atoms with Gasteiger partial charge in [0, 0.05) is 37.9 Å². The van der Waals surface area contributed by atoms with E-state index in [1.807, 2.05) is 6.07 Å². The molecule has 0 spiro atoms. The summed E-state index contributed by atoms with van der Waals surface area (Å²) in [5.74, 6) is 1.20. The Labute approximate surface area is 223 Å². The van der Waals surface area contributed by atoms with Crippen LogP contribution in [0.4, 0.5) is 13.2 Å². The van der Waals surface area contributed by atoms with Gasteiger partial charge in [-0.1, -0.05) is 30.3 Å². The Kier molecular flexibility index (Phi) is 8.46. The zero-order chi connectivity index (χ0) is 26.7. The van der Waals surface area contributed by atoms with Crippen LogP contribution in [0.1, 0.15) is 61.1 Å². The van der Waals surface area contributed by atoms with Gasteiger partial charge in [-0.15, -0.1) is 0 Å². The van der Waals surface area contributed by atoms with Crippen LogP contribution < -0.4 is 0 Å². The third-order valence-corrected chi connectivity index (χ3v) is 8.78. The second-order valence-corrected chi connectivity index (χ2v) is 11.1. The minimum absolute atomic E-state index is 0.212. The molecule has 0 amide bonds. The van der Waals surface area contributed by atoms with E-state index in [2.05, 4.69) is 33.9 Å². The second kappa shape index (κ2) is 11.8. The predicted molar refractivity (Wildman–Crippen MR) is 144 cm³/mol. The van der Waals surface area contributed by atoms with Gasteiger partial charge in [0.2, 0.25) is 0 Å². The van der Waals surface area contributed by atoms with Gasteiger partial charge >= 0.3 is 6.18 Å². The number of hydrogen-bond acceptors (Lipinski definition) is 3. The highest BCUT2D eigenvalue weighted by atomic mass is 19.4. The Morgan fingerprint density at radius 3 is 2.26 bits per heavy atom. The highest BCUT2D eigenvalue weighted by Crippen LogP contribution is 2.36. The van der Waals surface area contributed by atoms with Crippen LogP contribution >= 0.6 is 0 Å². The lowest BCUT2D eigenvalue weighted by atomic mass is 9.83. The summed E-state index contributed by atoms with van der Waals surface area (Å²) in [7, 11) is 3.58. The van der Waals surface area contributed by atoms with Crippen molar-refractivity contribution < 1.29 is 22.6 Å². The van der Waals surface area contributed by atoms with Crippen LogP contribution in [0.15, 0.2) is 54.7 Å². The maximum Gasteiger partial charge on any atom is 0.416 e. The number of para-hydroxylation sites is 1. The third-order valence-electron chi connectivity index (χ3n) is 8.78. The highest BCUT2D eigenvalue weighted by molar-refractivity contribution is 5.84. The lowest BCUT2D eigenvalue weighted by Gasteiger charge is -2.36. The number of likely N-dealkylation sites (tertiary alicyclic amines) is 1. The van der Waals surface area contributed by atoms with Gasteiger partial charge in [0.15, 0.2) is 0 Å². The standard InChI is InChI=1S/C31H39F3N2O2/c1-37-29-12-9-22(19-30(29)38-2)13-16-35-17-14-24(15-18-35)27-21-36(28-6-4-3-5-26(27)28)20-23-7-10-25(11-8-23)31(32,33)34/h3-8,10-11,21-22,24,29-30H,9,12-20H2,1-2H3/t22?,29?,30-/m0/s1. The average Bonchev–Trinajstić information content (AvgIpc) is 3.30. The van der Waals surface area contributed by atoms with Gasteiger partial charge in [0.05, 0.1) is 17.8 Å². The molecule has 1 saturated heterocycles. The SMILES string of the molecule is COC1CCC(CCN2CCC(c3cn(Cc4ccc(C(F)(F)F)cc4)c4ccccc34)CC2)C[C@@H]1OC. The first kappa shape index (κ1) is 27.2. The molecule has 0 bridgehead atoms. The summed E-state index contributed by atoms with van der Waals surface area (Å²) in [4.78, 5) is 2.61. The number of benzene rings is 2. The lowest BCUT2D eigenvalue weighted by molar-refractivity contribution is -0.137. The van der Waals surface area contributed by atoms with E-state index in [1.54, 1.807) is 26.4 Å². The second-order valence-electron chi connectivity index (χ2n) is 11.1. The zero-order valence-corrected chi connectivity index (χ0v) is 22.4. The number of hydrogen-bond donors (Lipinski definition) is 0. The van der Waals surface area contributed by atoms with E-state index in [0.29, 0.717) is 18.4 Å². The van der Waals surface area contributed by atoms with Crippen molar-refractivity contribution >= 4 is 10.9 Å². The average molecular weight is 529 g/mol. The molecule has 7 heteroatoms. The molecular formula is C31H39F3N2O2. The van der Waals surface area contributed by atoms with Crippen LogP contribution in [-0.4, -0.2) is 55.5 Å². The van der Waals surface area contributed by atoms with Gasteiger partial charge in [-0.2, -0.15) is 13.2 Å². The largest absolute Gasteiger partial charge is 0.416 e. The molecule has 0 radical (unpaired) electrons. The molecule has 3 atom stereocenters. The summed E-state index contributed by atoms with van der Waals surface area (Å²) >= 11 is 0. The number of alkyl halides is 3. The molecule has 2 heterocycles. The first-order chi connectivity index (χ1) is 18.4. The zero-order valence-electron chi connectivity index (χ0n) is 22.4. The van der Waals surface area contributed by atoms with Crippen molar-refractivity contribution in [2.75, 3.05) is 33.9 Å². The summed E-state index contributed by atoms with van der Waals surface area (Å²) in [5.41, 5.74) is 2.78. The fraction of sp³-hybridized carbons (Fsp3) is 0.548. The van der Waals surface area contributed by atoms with E-state index in [-0.39, 0.29) is 12.2 Å². The number of halogens is 3. The van der Waals surface area contributed by atoms with E-state index in [1.165, 1.54) is 35.9 Å². The summed E-state index contributed by atoms with van der Waals surface area (Å²) in [6, 6.07) is 13.9. The van der Waals surface area contributed by atoms with Crippen LogP contribution in [0, 0.1) is 5.92 Å². The predicted octanol–water partition coefficient (Wildman–Crippen LogP) is 7.11. The fourth-order valence-corrected chi connectivity index (χ4v) is 6.52. The van der Waals surface area contributed by atoms with Crippen LogP contribution in [0.3, 0.4) is 0 Å². The van der Waals surface area contributed by atoms with Crippen LogP contribution in [0.2, 0.25) is 0 Å². The smallest absolute Gasteiger partial charge is 0.379 e. The molecule has 2 fully saturated rings. The maximum absolute atomic E-state index is 13.0. The van der Waals surface area contributed by atoms with Gasteiger partial charge < -0.3 is 18.9 Å². The van der Waals surface area contributed by atoms with Crippen molar-refractivity contribution in [3.63, 3.8) is 0 Å². The van der Waals surface area contributed by atoms with Crippen molar-refractivity contribution in [3.8, 4) is 0 Å². The molecule has 2 aliphatic rings. The Bertz CT molecular complexity index is 1180. The van der Waals surface area contributed by atoms with Crippen molar-refractivity contribution in [2.24, 2.45) is 5.92 Å². The quantitative estimate of drug-likeness (QED) is 0.312. The van der Waals surface area contributed by atoms with Crippen molar-refractivity contribution in [1.29, 1.82) is 0 Å². The highest BCUT2D eigenvalue weighted by Gasteiger charge is 2.32. The van der Waals surface area contributed by atoms with Crippen LogP contribution in [0.25, 0.3) is 10.9 Å². The molecule has 206 valence electrons. The first-order valence-corrected chi connectivity index (χ1v) is 13.9. The maximum atomic E-state index is 13.0. The molecule has 1 aliphatic carbocycles. The summed E-state index contributed by atoms with van der Waals surface area (Å²) in [6.45, 7) is 3.90. The Hall–Kier alpha value is -2.35. The number of fused-ring (bicyclic) bond motifs is 1. The molecule has 2 aromatic carbocycles. The minimum Gasteiger partial charge on any atom is -0.379 e. The Morgan fingerprint density at radius 1 is 0.868 bits per heavy atom. The molecular weight excluding hydrogens is 489 g/mol. The summed E-state index contributed by atoms with van der Waals surface area (Å²) in [6.07, 6.45) is 5.23. The van der Waals surface area contributed by atoms with E-state index in [0.717, 1.165) is 56.4 Å². The molecule has 38 heavy (non-hydrogen) atoms. The number of rotatable bonds is 8. The first-order valence-electron chi connectivity index (χ1n) is 13.9. The number of piperidine rings is 1. The number of ether oxygens (including phenoxy) is 2. The molecule has 1 aromatic heterocycles. The van der Waals surface area contributed by atoms with Gasteiger partial charge in [0.25, 0.3) is 0 Å². The van der Waals surface area contributed by atoms with Crippen LogP contribution in [-0.2, 0) is 22.2 Å². The van der Waals surface area contributed by atoms with E-state index >= 15 is 0 Å². The normalized spacial score (nSPS) is 23.8. The molecule has 3 aromatic rings. The van der Waals surface area contributed by atoms with Gasteiger partial charge in [-0.3, -0.25) is 0 Å². The summed E-state index contributed by atoms with van der Waals surface area (Å²) < 4.78 is 52.4. The monoisotopic (exact) mass is 528 g/mol. The fourth-order valence-electron chi connectivity index (χ4n) is 6.52. The van der Waals surface area contributed by atoms with Crippen LogP contribution in [0.5, 0.6) is 0 Å². The molecule has 0 N–H and O–H groups in total. The molecule has 1 aliphatic heterocycles. The third kappa shape index (κ3) is 6.11. The van der Waals surface area contributed by atoms with Gasteiger partial charge in [-0.05, 0) is 99.3 Å². The molecule has 1 saturated carbocycles. The lowest BCUT2D eigenvalue weighted by Crippen LogP contribution is -2.39. The number of nitrogens with zero attached hydrogens (tertiary/aromatic N) is 2. The molecule has 4 nitrogen and oxygen atoms in total. The van der Waals surface area contributed by atoms with Crippen molar-refractivity contribution in [2.45, 2.75) is 69.4 Å².